The first-order chi connectivity index (χ1) is 20.7. The molecule has 4 aromatic rings. The van der Waals surface area contributed by atoms with Gasteiger partial charge in [-0.1, -0.05) is 6.07 Å². The van der Waals surface area contributed by atoms with Gasteiger partial charge in [-0.25, -0.2) is 9.97 Å². The van der Waals surface area contributed by atoms with Crippen LogP contribution in [0.5, 0.6) is 11.6 Å². The van der Waals surface area contributed by atoms with Gasteiger partial charge in [0.2, 0.25) is 18.2 Å². The summed E-state index contributed by atoms with van der Waals surface area (Å²) in [5.74, 6) is 1.86. The summed E-state index contributed by atoms with van der Waals surface area (Å²) < 4.78 is 44.4. The van der Waals surface area contributed by atoms with Gasteiger partial charge < -0.3 is 19.9 Å². The summed E-state index contributed by atoms with van der Waals surface area (Å²) in [6.45, 7) is 2.68. The predicted molar refractivity (Wildman–Crippen MR) is 155 cm³/mol. The van der Waals surface area contributed by atoms with Crippen LogP contribution in [0, 0.1) is 5.92 Å². The van der Waals surface area contributed by atoms with Crippen molar-refractivity contribution in [2.24, 2.45) is 13.0 Å². The molecule has 12 heteroatoms. The third-order valence-electron chi connectivity index (χ3n) is 7.46. The lowest BCUT2D eigenvalue weighted by atomic mass is 10.0. The van der Waals surface area contributed by atoms with Gasteiger partial charge in [0.25, 0.3) is 0 Å². The quantitative estimate of drug-likeness (QED) is 0.261. The Balaban J connectivity index is 0.000000239. The van der Waals surface area contributed by atoms with Gasteiger partial charge in [-0.2, -0.15) is 13.2 Å². The maximum Gasteiger partial charge on any atom is 0.416 e. The van der Waals surface area contributed by atoms with E-state index in [0.29, 0.717) is 18.3 Å². The van der Waals surface area contributed by atoms with Crippen LogP contribution in [0.15, 0.2) is 67.1 Å². The number of benzene rings is 2. The SMILES string of the molecule is Cn1ccc2cc(Oc3cc(CN4CCC(NC(=O)C5CC5)CC4)ncn3)ccc21.O=CNc1cccc(C(F)(F)F)c1. The van der Waals surface area contributed by atoms with Crippen molar-refractivity contribution in [1.82, 2.24) is 24.8 Å². The number of carbonyl (C=O) groups is 2. The molecule has 0 bridgehead atoms. The van der Waals surface area contributed by atoms with Crippen LogP contribution in [0.3, 0.4) is 0 Å². The molecule has 3 heterocycles. The molecule has 43 heavy (non-hydrogen) atoms. The Labute approximate surface area is 247 Å². The van der Waals surface area contributed by atoms with E-state index in [0.717, 1.165) is 74.3 Å². The molecule has 1 aliphatic heterocycles. The zero-order chi connectivity index (χ0) is 30.4. The van der Waals surface area contributed by atoms with Crippen LogP contribution in [0.25, 0.3) is 10.9 Å². The Morgan fingerprint density at radius 1 is 1.05 bits per heavy atom. The van der Waals surface area contributed by atoms with E-state index in [4.69, 9.17) is 4.74 Å². The largest absolute Gasteiger partial charge is 0.439 e. The van der Waals surface area contributed by atoms with E-state index in [9.17, 15) is 22.8 Å². The summed E-state index contributed by atoms with van der Waals surface area (Å²) in [7, 11) is 2.03. The molecule has 2 fully saturated rings. The molecule has 9 nitrogen and oxygen atoms in total. The smallest absolute Gasteiger partial charge is 0.416 e. The van der Waals surface area contributed by atoms with E-state index in [1.54, 1.807) is 6.33 Å². The molecule has 2 N–H and O–H groups in total. The minimum atomic E-state index is -4.37. The summed E-state index contributed by atoms with van der Waals surface area (Å²) in [4.78, 5) is 33.0. The minimum Gasteiger partial charge on any atom is -0.439 e. The topological polar surface area (TPSA) is 101 Å². The highest BCUT2D eigenvalue weighted by Gasteiger charge is 2.32. The molecule has 2 aromatic heterocycles. The van der Waals surface area contributed by atoms with Crippen molar-refractivity contribution in [3.63, 3.8) is 0 Å². The number of nitrogens with zero attached hydrogens (tertiary/aromatic N) is 4. The van der Waals surface area contributed by atoms with Crippen molar-refractivity contribution >= 4 is 28.9 Å². The van der Waals surface area contributed by atoms with Gasteiger partial charge in [0.15, 0.2) is 0 Å². The average molecular weight is 595 g/mol. The van der Waals surface area contributed by atoms with Crippen LogP contribution in [0.2, 0.25) is 0 Å². The van der Waals surface area contributed by atoms with Gasteiger partial charge in [0.05, 0.1) is 11.3 Å². The number of aromatic nitrogens is 3. The summed E-state index contributed by atoms with van der Waals surface area (Å²) in [5.41, 5.74) is 1.47. The van der Waals surface area contributed by atoms with Crippen LogP contribution in [-0.2, 0) is 29.4 Å². The molecular formula is C31H33F3N6O3. The Hall–Kier alpha value is -4.45. The number of piperidine rings is 1. The standard InChI is InChI=1S/C23H27N5O2.C8H6F3NO/c1-27-9-6-17-12-20(4-5-21(17)27)30-22-13-19(24-15-25-22)14-28-10-7-18(8-11-28)26-23(29)16-2-3-16;9-8(10,11)6-2-1-3-7(4-6)12-5-13/h4-6,9,12-13,15-16,18H,2-3,7-8,10-11,14H2,1H3,(H,26,29);1-5H,(H,12,13). The number of hydrogen-bond donors (Lipinski definition) is 2. The number of fused-ring (bicyclic) bond motifs is 1. The number of amides is 2. The third-order valence-corrected chi connectivity index (χ3v) is 7.46. The highest BCUT2D eigenvalue weighted by molar-refractivity contribution is 5.82. The summed E-state index contributed by atoms with van der Waals surface area (Å²) >= 11 is 0. The average Bonchev–Trinajstić information content (AvgIpc) is 3.78. The van der Waals surface area contributed by atoms with E-state index < -0.39 is 11.7 Å². The highest BCUT2D eigenvalue weighted by Crippen LogP contribution is 2.31. The monoisotopic (exact) mass is 594 g/mol. The van der Waals surface area contributed by atoms with Crippen molar-refractivity contribution in [2.75, 3.05) is 18.4 Å². The number of alkyl halides is 3. The first kappa shape index (κ1) is 30.0. The second-order valence-corrected chi connectivity index (χ2v) is 10.8. The molecule has 2 aliphatic rings. The molecule has 226 valence electrons. The molecule has 0 spiro atoms. The minimum absolute atomic E-state index is 0.129. The van der Waals surface area contributed by atoms with E-state index >= 15 is 0 Å². The molecule has 0 atom stereocenters. The van der Waals surface area contributed by atoms with Crippen LogP contribution < -0.4 is 15.4 Å². The molecule has 6 rings (SSSR count). The molecule has 0 radical (unpaired) electrons. The van der Waals surface area contributed by atoms with E-state index in [2.05, 4.69) is 42.2 Å². The summed E-state index contributed by atoms with van der Waals surface area (Å²) in [5, 5.41) is 6.48. The van der Waals surface area contributed by atoms with Crippen LogP contribution in [0.4, 0.5) is 18.9 Å². The molecule has 2 aromatic carbocycles. The van der Waals surface area contributed by atoms with Crippen LogP contribution in [0.1, 0.15) is 36.9 Å². The number of nitrogens with one attached hydrogen (secondary N) is 2. The first-order valence-corrected chi connectivity index (χ1v) is 14.1. The third kappa shape index (κ3) is 8.31. The van der Waals surface area contributed by atoms with E-state index in [-0.39, 0.29) is 17.5 Å². The van der Waals surface area contributed by atoms with Crippen molar-refractivity contribution in [2.45, 2.75) is 44.4 Å². The second-order valence-electron chi connectivity index (χ2n) is 10.8. The summed E-state index contributed by atoms with van der Waals surface area (Å²) in [6.07, 6.45) is 3.65. The lowest BCUT2D eigenvalue weighted by Gasteiger charge is -2.32. The van der Waals surface area contributed by atoms with Crippen LogP contribution >= 0.6 is 0 Å². The zero-order valence-corrected chi connectivity index (χ0v) is 23.7. The van der Waals surface area contributed by atoms with Crippen molar-refractivity contribution in [3.8, 4) is 11.6 Å². The zero-order valence-electron chi connectivity index (χ0n) is 23.7. The molecule has 1 aliphatic carbocycles. The highest BCUT2D eigenvalue weighted by atomic mass is 19.4. The fraction of sp³-hybridized carbons (Fsp3) is 0.355. The number of aryl methyl sites for hydroxylation is 1. The Kier molecular flexibility index (Phi) is 9.24. The maximum absolute atomic E-state index is 12.1. The number of likely N-dealkylation sites (tertiary alicyclic amines) is 1. The second kappa shape index (κ2) is 13.2. The number of carbonyl (C=O) groups excluding carboxylic acids is 2. The van der Waals surface area contributed by atoms with Gasteiger partial charge in [-0.3, -0.25) is 14.5 Å². The summed E-state index contributed by atoms with van der Waals surface area (Å²) in [6, 6.07) is 14.8. The number of hydrogen-bond acceptors (Lipinski definition) is 6. The number of rotatable bonds is 8. The number of halogens is 3. The van der Waals surface area contributed by atoms with E-state index in [1.165, 1.54) is 17.6 Å². The number of ether oxygens (including phenoxy) is 1. The van der Waals surface area contributed by atoms with E-state index in [1.807, 2.05) is 31.4 Å². The predicted octanol–water partition coefficient (Wildman–Crippen LogP) is 5.52. The molecular weight excluding hydrogens is 561 g/mol. The van der Waals surface area contributed by atoms with Gasteiger partial charge in [-0.05, 0) is 68.1 Å². The van der Waals surface area contributed by atoms with Gasteiger partial charge in [-0.15, -0.1) is 0 Å². The Bertz CT molecular complexity index is 1560. The molecule has 0 unspecified atom stereocenters. The van der Waals surface area contributed by atoms with Gasteiger partial charge >= 0.3 is 6.18 Å². The normalized spacial score (nSPS) is 15.8. The molecule has 2 amide bonds. The first-order valence-electron chi connectivity index (χ1n) is 14.1. The number of anilines is 1. The molecule has 1 saturated heterocycles. The van der Waals surface area contributed by atoms with Crippen molar-refractivity contribution < 1.29 is 27.5 Å². The fourth-order valence-electron chi connectivity index (χ4n) is 4.95. The van der Waals surface area contributed by atoms with Crippen molar-refractivity contribution in [3.05, 3.63) is 78.4 Å². The Morgan fingerprint density at radius 3 is 2.56 bits per heavy atom. The van der Waals surface area contributed by atoms with Crippen molar-refractivity contribution in [1.29, 1.82) is 0 Å². The van der Waals surface area contributed by atoms with Crippen LogP contribution in [-0.4, -0.2) is 50.9 Å². The lowest BCUT2D eigenvalue weighted by Crippen LogP contribution is -2.44. The van der Waals surface area contributed by atoms with Gasteiger partial charge in [0, 0.05) is 67.5 Å². The maximum atomic E-state index is 12.1. The lowest BCUT2D eigenvalue weighted by molar-refractivity contribution is -0.137. The Morgan fingerprint density at radius 2 is 1.84 bits per heavy atom. The fourth-order valence-corrected chi connectivity index (χ4v) is 4.95. The molecule has 1 saturated carbocycles. The van der Waals surface area contributed by atoms with Gasteiger partial charge in [0.1, 0.15) is 12.1 Å².